The van der Waals surface area contributed by atoms with E-state index in [1.54, 1.807) is 32.1 Å². The molecule has 1 aliphatic carbocycles. The number of rotatable bonds is 3. The van der Waals surface area contributed by atoms with Crippen molar-refractivity contribution in [2.24, 2.45) is 5.73 Å². The van der Waals surface area contributed by atoms with Gasteiger partial charge in [0.1, 0.15) is 17.1 Å². The highest BCUT2D eigenvalue weighted by Gasteiger charge is 2.23. The molecule has 0 saturated heterocycles. The first-order chi connectivity index (χ1) is 15.1. The van der Waals surface area contributed by atoms with Crippen LogP contribution < -0.4 is 11.2 Å². The van der Waals surface area contributed by atoms with Gasteiger partial charge in [0.05, 0.1) is 5.57 Å². The molecule has 1 aliphatic heterocycles. The van der Waals surface area contributed by atoms with Gasteiger partial charge in [0.25, 0.3) is 0 Å². The van der Waals surface area contributed by atoms with Crippen LogP contribution in [-0.2, 0) is 9.59 Å². The van der Waals surface area contributed by atoms with E-state index in [2.05, 4.69) is 18.4 Å². The predicted octanol–water partition coefficient (Wildman–Crippen LogP) is 4.47. The minimum atomic E-state index is -1.04. The monoisotopic (exact) mass is 457 g/mol. The number of nitrogens with two attached hydrogens (primary N) is 1. The molecule has 1 aromatic rings. The number of aromatic hydroxyl groups is 1. The number of aliphatic carboxylic acids is 1. The summed E-state index contributed by atoms with van der Waals surface area (Å²) in [5.41, 5.74) is 6.57. The molecule has 0 unspecified atom stereocenters. The van der Waals surface area contributed by atoms with E-state index in [4.69, 9.17) is 4.42 Å². The number of carboxylic acids is 1. The third kappa shape index (κ3) is 6.75. The normalized spacial score (nSPS) is 11.3. The number of primary amides is 1. The first-order valence-electron chi connectivity index (χ1n) is 9.74. The molecule has 3 rings (SSSR count). The molecule has 4 N–H and O–H groups in total. The van der Waals surface area contributed by atoms with Crippen molar-refractivity contribution in [3.8, 4) is 17.1 Å². The van der Waals surface area contributed by atoms with Crippen molar-refractivity contribution < 1.29 is 24.2 Å². The van der Waals surface area contributed by atoms with Crippen LogP contribution in [0.1, 0.15) is 33.3 Å². The third-order valence-electron chi connectivity index (χ3n) is 4.04. The van der Waals surface area contributed by atoms with E-state index in [-0.39, 0.29) is 22.7 Å². The highest BCUT2D eigenvalue weighted by Crippen LogP contribution is 2.40. The van der Waals surface area contributed by atoms with Gasteiger partial charge in [-0.15, -0.1) is 0 Å². The first kappa shape index (κ1) is 26.5. The lowest BCUT2D eigenvalue weighted by Crippen LogP contribution is -2.06. The number of hydrogen-bond acceptors (Lipinski definition) is 6. The Labute approximate surface area is 191 Å². The van der Waals surface area contributed by atoms with Gasteiger partial charge in [0, 0.05) is 35.6 Å². The molecule has 32 heavy (non-hydrogen) atoms. The van der Waals surface area contributed by atoms with Crippen molar-refractivity contribution in [3.63, 3.8) is 0 Å². The second-order valence-electron chi connectivity index (χ2n) is 6.45. The topological polar surface area (TPSA) is 131 Å². The highest BCUT2D eigenvalue weighted by molar-refractivity contribution is 7.80. The Balaban J connectivity index is 0.000000645. The smallest absolute Gasteiger partial charge is 0.335 e. The molecule has 0 aromatic heterocycles. The summed E-state index contributed by atoms with van der Waals surface area (Å²) < 4.78 is 5.76. The summed E-state index contributed by atoms with van der Waals surface area (Å²) >= 11 is 3.79. The summed E-state index contributed by atoms with van der Waals surface area (Å²) in [5.74, 6) is -0.0796. The van der Waals surface area contributed by atoms with E-state index in [1.807, 2.05) is 6.92 Å². The summed E-state index contributed by atoms with van der Waals surface area (Å²) in [6, 6.07) is 9.02. The number of carbonyl (C=O) groups excluding carboxylic acids is 1. The zero-order chi connectivity index (χ0) is 24.4. The van der Waals surface area contributed by atoms with Crippen LogP contribution in [0, 0.1) is 0 Å². The summed E-state index contributed by atoms with van der Waals surface area (Å²) in [4.78, 5) is 32.6. The Morgan fingerprint density at radius 2 is 1.72 bits per heavy atom. The van der Waals surface area contributed by atoms with Gasteiger partial charge < -0.3 is 20.4 Å². The minimum absolute atomic E-state index is 0.0198. The number of fused-ring (bicyclic) bond motifs is 2. The molecule has 2 aliphatic rings. The number of allylic oxidation sites excluding steroid dienone is 2. The Hall–Kier alpha value is -3.52. The van der Waals surface area contributed by atoms with Gasteiger partial charge in [0.2, 0.25) is 5.91 Å². The molecule has 0 spiro atoms. The van der Waals surface area contributed by atoms with Gasteiger partial charge in [-0.25, -0.2) is 4.79 Å². The maximum Gasteiger partial charge on any atom is 0.335 e. The molecule has 1 heterocycles. The van der Waals surface area contributed by atoms with E-state index in [0.29, 0.717) is 33.4 Å². The average molecular weight is 458 g/mol. The van der Waals surface area contributed by atoms with Crippen LogP contribution in [0.15, 0.2) is 63.3 Å². The summed E-state index contributed by atoms with van der Waals surface area (Å²) in [7, 11) is 0. The third-order valence-corrected chi connectivity index (χ3v) is 4.04. The van der Waals surface area contributed by atoms with Gasteiger partial charge in [-0.05, 0) is 49.4 Å². The number of benzene rings is 2. The fraction of sp³-hybridized carbons (Fsp3) is 0.208. The molecular weight excluding hydrogens is 430 g/mol. The zero-order valence-electron chi connectivity index (χ0n) is 18.4. The number of thiol groups is 1. The number of carbonyl (C=O) groups is 2. The standard InChI is InChI=1S/C20H16O5.C2H5NO.C2H6S/c1-3-13(14(4-2)20(23)24)19-15-7-5-11(21)9-17(15)25-18-10-12(22)6-8-16(18)19;1-2(3)4;1-2-3/h3-10,21H,1-2H3,(H,23,24);1H3,(H2,3,4);3H,2H2,1H3/b13-3+,14-4+;;. The lowest BCUT2D eigenvalue weighted by atomic mass is 9.89. The molecule has 0 fully saturated rings. The fourth-order valence-corrected chi connectivity index (χ4v) is 2.98. The lowest BCUT2D eigenvalue weighted by molar-refractivity contribution is -0.132. The molecule has 0 saturated carbocycles. The van der Waals surface area contributed by atoms with E-state index < -0.39 is 5.97 Å². The van der Waals surface area contributed by atoms with Crippen LogP contribution in [0.25, 0.3) is 27.9 Å². The Kier molecular flexibility index (Phi) is 10.2. The minimum Gasteiger partial charge on any atom is -0.508 e. The molecule has 1 aromatic carbocycles. The summed E-state index contributed by atoms with van der Waals surface area (Å²) in [6.07, 6.45) is 3.25. The van der Waals surface area contributed by atoms with E-state index in [0.717, 1.165) is 5.75 Å². The van der Waals surface area contributed by atoms with Crippen LogP contribution in [0.2, 0.25) is 0 Å². The van der Waals surface area contributed by atoms with Crippen molar-refractivity contribution in [1.82, 2.24) is 0 Å². The van der Waals surface area contributed by atoms with E-state index >= 15 is 0 Å². The van der Waals surface area contributed by atoms with E-state index in [1.165, 1.54) is 37.3 Å². The Morgan fingerprint density at radius 3 is 2.22 bits per heavy atom. The second-order valence-corrected chi connectivity index (χ2v) is 7.08. The van der Waals surface area contributed by atoms with Crippen LogP contribution >= 0.6 is 12.6 Å². The van der Waals surface area contributed by atoms with Gasteiger partial charge >= 0.3 is 5.97 Å². The fourth-order valence-electron chi connectivity index (χ4n) is 2.98. The van der Waals surface area contributed by atoms with Gasteiger partial charge in [-0.1, -0.05) is 19.1 Å². The zero-order valence-corrected chi connectivity index (χ0v) is 19.3. The van der Waals surface area contributed by atoms with Crippen molar-refractivity contribution in [3.05, 3.63) is 69.9 Å². The predicted molar refractivity (Wildman–Crippen MR) is 130 cm³/mol. The van der Waals surface area contributed by atoms with Gasteiger partial charge in [0.15, 0.2) is 5.43 Å². The second kappa shape index (κ2) is 12.4. The molecule has 1 amide bonds. The van der Waals surface area contributed by atoms with Crippen molar-refractivity contribution in [2.75, 3.05) is 5.75 Å². The average Bonchev–Trinajstić information content (AvgIpc) is 2.70. The molecule has 7 nitrogen and oxygen atoms in total. The maximum absolute atomic E-state index is 11.7. The molecule has 8 heteroatoms. The lowest BCUT2D eigenvalue weighted by Gasteiger charge is -2.17. The Morgan fingerprint density at radius 1 is 1.12 bits per heavy atom. The number of hydrogen-bond donors (Lipinski definition) is 4. The van der Waals surface area contributed by atoms with Crippen LogP contribution in [0.5, 0.6) is 5.75 Å². The number of phenols is 1. The quantitative estimate of drug-likeness (QED) is 0.199. The highest BCUT2D eigenvalue weighted by atomic mass is 32.1. The van der Waals surface area contributed by atoms with E-state index in [9.17, 15) is 24.6 Å². The molecular formula is C24H27NO6S. The number of carboxylic acid groups (broad SMARTS) is 1. The molecule has 170 valence electrons. The van der Waals surface area contributed by atoms with Gasteiger partial charge in [-0.3, -0.25) is 9.59 Å². The van der Waals surface area contributed by atoms with Crippen molar-refractivity contribution in [2.45, 2.75) is 27.7 Å². The van der Waals surface area contributed by atoms with Crippen LogP contribution in [-0.4, -0.2) is 27.8 Å². The molecule has 0 atom stereocenters. The maximum atomic E-state index is 11.7. The largest absolute Gasteiger partial charge is 0.508 e. The van der Waals surface area contributed by atoms with Crippen molar-refractivity contribution in [1.29, 1.82) is 0 Å². The Bertz CT molecular complexity index is 1190. The SMILES string of the molecule is C/C=C(\C(=C/C)C(=O)O)c1c2ccc(=O)cc-2oc2cc(O)ccc12.CC(N)=O.CCS. The number of phenolic OH excluding ortho intramolecular Hbond substituents is 1. The summed E-state index contributed by atoms with van der Waals surface area (Å²) in [5, 5.41) is 19.9. The summed E-state index contributed by atoms with van der Waals surface area (Å²) in [6.45, 7) is 6.71. The molecule has 0 bridgehead atoms. The number of amides is 1. The van der Waals surface area contributed by atoms with Gasteiger partial charge in [-0.2, -0.15) is 12.6 Å². The van der Waals surface area contributed by atoms with Crippen molar-refractivity contribution >= 4 is 41.0 Å². The molecule has 0 radical (unpaired) electrons. The first-order valence-corrected chi connectivity index (χ1v) is 10.4. The van der Waals surface area contributed by atoms with Crippen LogP contribution in [0.3, 0.4) is 0 Å². The van der Waals surface area contributed by atoms with Crippen LogP contribution in [0.4, 0.5) is 0 Å².